The molecular formula is C4H12Cl3N2NaO2. The van der Waals surface area contributed by atoms with Gasteiger partial charge in [0.2, 0.25) is 0 Å². The van der Waals surface area contributed by atoms with Gasteiger partial charge in [-0.1, -0.05) is 34.8 Å². The number of carboxylic acid groups (broad SMARTS) is 1. The Hall–Kier alpha value is 1.000. The van der Waals surface area contributed by atoms with E-state index in [1.54, 1.807) is 0 Å². The minimum Gasteiger partial charge on any atom is -1.00 e. The second-order valence-corrected chi connectivity index (χ2v) is 3.08. The number of alkyl halides is 3. The van der Waals surface area contributed by atoms with E-state index < -0.39 is 9.76 Å². The van der Waals surface area contributed by atoms with Crippen LogP contribution in [0.4, 0.5) is 0 Å². The van der Waals surface area contributed by atoms with Gasteiger partial charge >= 0.3 is 35.5 Å². The molecule has 0 aliphatic heterocycles. The average Bonchev–Trinajstić information content (AvgIpc) is 1.69. The summed E-state index contributed by atoms with van der Waals surface area (Å²) in [5.74, 6) is -1.46. The smallest absolute Gasteiger partial charge is 1.00 e. The number of carbonyl (C=O) groups is 1. The summed E-state index contributed by atoms with van der Waals surface area (Å²) in [5, 5.41) is 7.85. The maximum atomic E-state index is 9.62. The van der Waals surface area contributed by atoms with Gasteiger partial charge in [0.15, 0.2) is 0 Å². The van der Waals surface area contributed by atoms with Gasteiger partial charge in [0.25, 0.3) is 3.79 Å². The Kier molecular flexibility index (Phi) is 35.4. The molecule has 12 heavy (non-hydrogen) atoms. The van der Waals surface area contributed by atoms with E-state index in [9.17, 15) is 4.79 Å². The van der Waals surface area contributed by atoms with E-state index in [-0.39, 0.29) is 43.3 Å². The van der Waals surface area contributed by atoms with Crippen molar-refractivity contribution in [2.24, 2.45) is 0 Å². The molecule has 0 aromatic rings. The molecule has 0 aliphatic rings. The zero-order valence-electron chi connectivity index (χ0n) is 7.82. The van der Waals surface area contributed by atoms with Gasteiger partial charge in [-0.15, -0.1) is 13.2 Å². The van der Waals surface area contributed by atoms with Gasteiger partial charge in [-0.25, -0.2) is 4.79 Å². The summed E-state index contributed by atoms with van der Waals surface area (Å²) < 4.78 is -2.17. The van der Waals surface area contributed by atoms with Gasteiger partial charge in [-0.2, -0.15) is 0 Å². The third-order valence-corrected chi connectivity index (χ3v) is 0.728. The van der Waals surface area contributed by atoms with Crippen LogP contribution in [0.15, 0.2) is 13.2 Å². The Labute approximate surface area is 110 Å². The monoisotopic (exact) mass is 248 g/mol. The van der Waals surface area contributed by atoms with E-state index in [1.165, 1.54) is 0 Å². The molecule has 72 valence electrons. The molecule has 0 bridgehead atoms. The number of carboxylic acids is 1. The molecule has 0 amide bonds. The largest absolute Gasteiger partial charge is 1.00 e. The van der Waals surface area contributed by atoms with Crippen molar-refractivity contribution >= 4 is 40.8 Å². The molecule has 0 radical (unpaired) electrons. The Morgan fingerprint density at radius 3 is 1.33 bits per heavy atom. The predicted octanol–water partition coefficient (Wildman–Crippen LogP) is -0.316. The molecule has 0 fully saturated rings. The molecule has 4 nitrogen and oxygen atoms in total. The van der Waals surface area contributed by atoms with Crippen LogP contribution in [0, 0.1) is 0 Å². The SMILES string of the molecule is C=C.N.N.O=C(O)C(Cl)(Cl)Cl.[H-].[Na+]. The van der Waals surface area contributed by atoms with Crippen molar-refractivity contribution < 1.29 is 40.9 Å². The van der Waals surface area contributed by atoms with Gasteiger partial charge in [-0.3, -0.25) is 0 Å². The molecule has 0 spiro atoms. The van der Waals surface area contributed by atoms with Crippen molar-refractivity contribution in [2.75, 3.05) is 0 Å². The summed E-state index contributed by atoms with van der Waals surface area (Å²) in [6, 6.07) is 0. The minimum absolute atomic E-state index is 0. The number of rotatable bonds is 0. The molecule has 0 heterocycles. The second kappa shape index (κ2) is 14.5. The number of halogens is 3. The first kappa shape index (κ1) is 29.2. The Morgan fingerprint density at radius 1 is 1.25 bits per heavy atom. The van der Waals surface area contributed by atoms with Crippen molar-refractivity contribution in [3.05, 3.63) is 13.2 Å². The summed E-state index contributed by atoms with van der Waals surface area (Å²) in [6.45, 7) is 6.00. The standard InChI is InChI=1S/C2HCl3O2.C2H4.2H3N.Na.H/c3-2(4,5)1(6)7;1-2;;;;/h(H,6,7);1-2H2;2*1H3;;/q;;;;+1;-1. The average molecular weight is 250 g/mol. The normalized spacial score (nSPS) is 6.92. The van der Waals surface area contributed by atoms with Crippen molar-refractivity contribution in [3.63, 3.8) is 0 Å². The van der Waals surface area contributed by atoms with Crippen LogP contribution in [-0.2, 0) is 4.79 Å². The maximum Gasteiger partial charge on any atom is 1.00 e. The number of hydrogen-bond acceptors (Lipinski definition) is 3. The molecule has 0 saturated carbocycles. The first-order chi connectivity index (χ1) is 3.94. The van der Waals surface area contributed by atoms with E-state index in [0.717, 1.165) is 0 Å². The molecule has 0 rings (SSSR count). The van der Waals surface area contributed by atoms with Crippen LogP contribution < -0.4 is 41.9 Å². The molecule has 0 atom stereocenters. The van der Waals surface area contributed by atoms with Crippen molar-refractivity contribution in [1.82, 2.24) is 12.3 Å². The number of hydrogen-bond donors (Lipinski definition) is 3. The van der Waals surface area contributed by atoms with Crippen molar-refractivity contribution in [3.8, 4) is 0 Å². The van der Waals surface area contributed by atoms with Crippen LogP contribution in [0.3, 0.4) is 0 Å². The van der Waals surface area contributed by atoms with E-state index in [0.29, 0.717) is 0 Å². The number of aliphatic carboxylic acids is 1. The third kappa shape index (κ3) is 22.4. The van der Waals surface area contributed by atoms with Gasteiger partial charge in [-0.05, 0) is 0 Å². The zero-order valence-corrected chi connectivity index (χ0v) is 11.1. The fourth-order valence-corrected chi connectivity index (χ4v) is 0. The van der Waals surface area contributed by atoms with Gasteiger partial charge in [0.05, 0.1) is 0 Å². The summed E-state index contributed by atoms with van der Waals surface area (Å²) >= 11 is 14.4. The van der Waals surface area contributed by atoms with E-state index in [1.807, 2.05) is 0 Å². The molecule has 0 saturated heterocycles. The van der Waals surface area contributed by atoms with Crippen LogP contribution in [0.5, 0.6) is 0 Å². The van der Waals surface area contributed by atoms with E-state index >= 15 is 0 Å². The molecule has 0 aliphatic carbocycles. The summed E-state index contributed by atoms with van der Waals surface area (Å²) in [6.07, 6.45) is 0. The summed E-state index contributed by atoms with van der Waals surface area (Å²) in [7, 11) is 0. The zero-order chi connectivity index (χ0) is 8.08. The third-order valence-electron chi connectivity index (χ3n) is 0.243. The predicted molar refractivity (Wildman–Crippen MR) is 50.3 cm³/mol. The topological polar surface area (TPSA) is 107 Å². The Morgan fingerprint density at radius 2 is 1.33 bits per heavy atom. The molecule has 8 heteroatoms. The fraction of sp³-hybridized carbons (Fsp3) is 0.250. The molecule has 7 N–H and O–H groups in total. The van der Waals surface area contributed by atoms with Gasteiger partial charge in [0, 0.05) is 0 Å². The van der Waals surface area contributed by atoms with Crippen LogP contribution in [0.25, 0.3) is 0 Å². The molecule has 0 unspecified atom stereocenters. The quantitative estimate of drug-likeness (QED) is 0.311. The van der Waals surface area contributed by atoms with E-state index in [2.05, 4.69) is 13.2 Å². The van der Waals surface area contributed by atoms with Crippen LogP contribution in [-0.4, -0.2) is 14.9 Å². The Balaban J connectivity index is -0.0000000191. The first-order valence-corrected chi connectivity index (χ1v) is 2.88. The Bertz CT molecular complexity index is 114. The summed E-state index contributed by atoms with van der Waals surface area (Å²) in [5.41, 5.74) is 0. The maximum absolute atomic E-state index is 9.62. The van der Waals surface area contributed by atoms with Crippen LogP contribution in [0.2, 0.25) is 0 Å². The van der Waals surface area contributed by atoms with Crippen LogP contribution >= 0.6 is 34.8 Å². The fourth-order valence-electron chi connectivity index (χ4n) is 0. The molecule has 0 aromatic heterocycles. The second-order valence-electron chi connectivity index (χ2n) is 0.803. The molecule has 0 aromatic carbocycles. The van der Waals surface area contributed by atoms with Crippen molar-refractivity contribution in [2.45, 2.75) is 3.79 Å². The van der Waals surface area contributed by atoms with E-state index in [4.69, 9.17) is 39.9 Å². The van der Waals surface area contributed by atoms with Gasteiger partial charge < -0.3 is 18.8 Å². The summed E-state index contributed by atoms with van der Waals surface area (Å²) in [4.78, 5) is 9.62. The first-order valence-electron chi connectivity index (χ1n) is 1.74. The van der Waals surface area contributed by atoms with Crippen LogP contribution in [0.1, 0.15) is 1.43 Å². The van der Waals surface area contributed by atoms with Crippen molar-refractivity contribution in [1.29, 1.82) is 0 Å². The minimum atomic E-state index is -2.17. The van der Waals surface area contributed by atoms with Gasteiger partial charge in [0.1, 0.15) is 0 Å². The molecular weight excluding hydrogens is 237 g/mol.